The fourth-order valence-corrected chi connectivity index (χ4v) is 4.53. The van der Waals surface area contributed by atoms with Crippen molar-refractivity contribution in [2.24, 2.45) is 5.92 Å². The number of amides is 1. The minimum absolute atomic E-state index is 0.00936. The van der Waals surface area contributed by atoms with Gasteiger partial charge in [0.2, 0.25) is 10.0 Å². The van der Waals surface area contributed by atoms with Crippen LogP contribution in [0, 0.1) is 5.92 Å². The Bertz CT molecular complexity index is 895. The summed E-state index contributed by atoms with van der Waals surface area (Å²) in [4.78, 5) is 13.9. The normalized spacial score (nSPS) is 16.0. The molecule has 1 amide bonds. The summed E-state index contributed by atoms with van der Waals surface area (Å²) >= 11 is 0. The van der Waals surface area contributed by atoms with Gasteiger partial charge in [0.15, 0.2) is 0 Å². The lowest BCUT2D eigenvalue weighted by molar-refractivity contribution is 0.0706. The van der Waals surface area contributed by atoms with Gasteiger partial charge in [0.25, 0.3) is 5.91 Å². The van der Waals surface area contributed by atoms with E-state index in [1.54, 1.807) is 0 Å². The second-order valence-corrected chi connectivity index (χ2v) is 8.79. The van der Waals surface area contributed by atoms with Crippen molar-refractivity contribution in [1.29, 1.82) is 0 Å². The summed E-state index contributed by atoms with van der Waals surface area (Å²) in [5.74, 6) is -0.464. The lowest BCUT2D eigenvalue weighted by Gasteiger charge is -2.32. The van der Waals surface area contributed by atoms with E-state index in [2.05, 4.69) is 21.8 Å². The first-order chi connectivity index (χ1) is 13.5. The highest BCUT2D eigenvalue weighted by atomic mass is 32.2. The van der Waals surface area contributed by atoms with E-state index in [1.165, 1.54) is 35.3 Å². The smallest absolute Gasteiger partial charge is 0.274 e. The van der Waals surface area contributed by atoms with Gasteiger partial charge in [-0.3, -0.25) is 14.9 Å². The van der Waals surface area contributed by atoms with Crippen LogP contribution in [0.2, 0.25) is 0 Å². The second-order valence-electron chi connectivity index (χ2n) is 7.03. The lowest BCUT2D eigenvalue weighted by atomic mass is 9.97. The van der Waals surface area contributed by atoms with Gasteiger partial charge >= 0.3 is 0 Å². The number of sulfonamides is 1. The van der Waals surface area contributed by atoms with Crippen LogP contribution in [-0.4, -0.2) is 44.1 Å². The highest BCUT2D eigenvalue weighted by Crippen LogP contribution is 2.19. The van der Waals surface area contributed by atoms with Gasteiger partial charge in [-0.15, -0.1) is 0 Å². The number of nitrogens with zero attached hydrogens (tertiary/aromatic N) is 1. The molecule has 0 unspecified atom stereocenters. The summed E-state index contributed by atoms with van der Waals surface area (Å²) in [6, 6.07) is 15.9. The second kappa shape index (κ2) is 9.29. The summed E-state index contributed by atoms with van der Waals surface area (Å²) in [5.41, 5.74) is 2.87. The Labute approximate surface area is 165 Å². The molecular formula is C20H25N3O4S. The van der Waals surface area contributed by atoms with E-state index in [-0.39, 0.29) is 16.4 Å². The number of rotatable bonds is 7. The van der Waals surface area contributed by atoms with Gasteiger partial charge in [0, 0.05) is 18.7 Å². The van der Waals surface area contributed by atoms with Crippen LogP contribution >= 0.6 is 0 Å². The third-order valence-corrected chi connectivity index (χ3v) is 6.45. The molecule has 3 rings (SSSR count). The van der Waals surface area contributed by atoms with E-state index in [9.17, 15) is 13.2 Å². The summed E-state index contributed by atoms with van der Waals surface area (Å²) in [7, 11) is -3.71. The molecule has 0 saturated carbocycles. The van der Waals surface area contributed by atoms with Crippen molar-refractivity contribution >= 4 is 15.9 Å². The summed E-state index contributed by atoms with van der Waals surface area (Å²) in [5, 5.41) is 8.70. The molecule has 0 spiro atoms. The Morgan fingerprint density at radius 1 is 1.07 bits per heavy atom. The van der Waals surface area contributed by atoms with Crippen molar-refractivity contribution in [2.45, 2.75) is 24.3 Å². The van der Waals surface area contributed by atoms with Crippen molar-refractivity contribution in [3.63, 3.8) is 0 Å². The molecule has 1 heterocycles. The maximum absolute atomic E-state index is 12.5. The quantitative estimate of drug-likeness (QED) is 0.485. The van der Waals surface area contributed by atoms with E-state index in [4.69, 9.17) is 5.21 Å². The minimum Gasteiger partial charge on any atom is -0.299 e. The molecule has 1 fully saturated rings. The molecule has 1 saturated heterocycles. The number of benzene rings is 2. The molecule has 7 nitrogen and oxygen atoms in total. The molecular weight excluding hydrogens is 378 g/mol. The van der Waals surface area contributed by atoms with Crippen LogP contribution in [0.3, 0.4) is 0 Å². The molecule has 0 aliphatic carbocycles. The predicted molar refractivity (Wildman–Crippen MR) is 105 cm³/mol. The van der Waals surface area contributed by atoms with Crippen LogP contribution in [-0.2, 0) is 16.6 Å². The van der Waals surface area contributed by atoms with Crippen molar-refractivity contribution in [3.05, 3.63) is 65.7 Å². The van der Waals surface area contributed by atoms with Gasteiger partial charge in [0.05, 0.1) is 4.90 Å². The first kappa shape index (κ1) is 20.5. The molecule has 2 aromatic rings. The maximum Gasteiger partial charge on any atom is 0.274 e. The Morgan fingerprint density at radius 2 is 1.79 bits per heavy atom. The van der Waals surface area contributed by atoms with E-state index in [0.29, 0.717) is 6.54 Å². The number of hydrogen-bond donors (Lipinski definition) is 3. The van der Waals surface area contributed by atoms with Gasteiger partial charge in [-0.05, 0) is 55.6 Å². The highest BCUT2D eigenvalue weighted by molar-refractivity contribution is 7.89. The standard InChI is InChI=1S/C20H25N3O4S/c24-20(22-25)18-7-4-8-19(13-18)28(26,27)21-14-16-9-11-23(12-10-16)15-17-5-2-1-3-6-17/h1-8,13,16,21,25H,9-12,14-15H2,(H,22,24). The minimum atomic E-state index is -3.71. The molecule has 1 aliphatic heterocycles. The third kappa shape index (κ3) is 5.39. The Balaban J connectivity index is 1.51. The number of nitrogens with one attached hydrogen (secondary N) is 2. The molecule has 0 radical (unpaired) electrons. The summed E-state index contributed by atoms with van der Waals surface area (Å²) in [6.45, 7) is 3.16. The maximum atomic E-state index is 12.5. The molecule has 150 valence electrons. The number of hydrogen-bond acceptors (Lipinski definition) is 5. The zero-order valence-electron chi connectivity index (χ0n) is 15.5. The van der Waals surface area contributed by atoms with E-state index < -0.39 is 15.9 Å². The number of piperidine rings is 1. The van der Waals surface area contributed by atoms with Crippen molar-refractivity contribution < 1.29 is 18.4 Å². The Hall–Kier alpha value is -2.26. The van der Waals surface area contributed by atoms with Crippen LogP contribution in [0.15, 0.2) is 59.5 Å². The Kier molecular flexibility index (Phi) is 6.79. The first-order valence-corrected chi connectivity index (χ1v) is 10.8. The summed E-state index contributed by atoms with van der Waals surface area (Å²) in [6.07, 6.45) is 1.87. The van der Waals surface area contributed by atoms with E-state index in [1.807, 2.05) is 18.2 Å². The zero-order chi connectivity index (χ0) is 20.0. The number of carbonyl (C=O) groups excluding carboxylic acids is 1. The van der Waals surface area contributed by atoms with Gasteiger partial charge < -0.3 is 0 Å². The van der Waals surface area contributed by atoms with Crippen LogP contribution in [0.5, 0.6) is 0 Å². The SMILES string of the molecule is O=C(NO)c1cccc(S(=O)(=O)NCC2CCN(Cc3ccccc3)CC2)c1. The fraction of sp³-hybridized carbons (Fsp3) is 0.350. The lowest BCUT2D eigenvalue weighted by Crippen LogP contribution is -2.38. The molecule has 8 heteroatoms. The third-order valence-electron chi connectivity index (χ3n) is 5.03. The zero-order valence-corrected chi connectivity index (χ0v) is 16.4. The van der Waals surface area contributed by atoms with Gasteiger partial charge in [0.1, 0.15) is 0 Å². The Morgan fingerprint density at radius 3 is 2.46 bits per heavy atom. The van der Waals surface area contributed by atoms with Crippen molar-refractivity contribution in [1.82, 2.24) is 15.1 Å². The van der Waals surface area contributed by atoms with Crippen molar-refractivity contribution in [3.8, 4) is 0 Å². The molecule has 3 N–H and O–H groups in total. The van der Waals surface area contributed by atoms with E-state index >= 15 is 0 Å². The van der Waals surface area contributed by atoms with Gasteiger partial charge in [-0.2, -0.15) is 0 Å². The van der Waals surface area contributed by atoms with Crippen molar-refractivity contribution in [2.75, 3.05) is 19.6 Å². The molecule has 28 heavy (non-hydrogen) atoms. The molecule has 1 aliphatic rings. The number of carbonyl (C=O) groups is 1. The van der Waals surface area contributed by atoms with Gasteiger partial charge in [-0.1, -0.05) is 36.4 Å². The van der Waals surface area contributed by atoms with E-state index in [0.717, 1.165) is 32.5 Å². The predicted octanol–water partition coefficient (Wildman–Crippen LogP) is 2.00. The molecule has 2 aromatic carbocycles. The van der Waals surface area contributed by atoms with Crippen LogP contribution < -0.4 is 10.2 Å². The number of likely N-dealkylation sites (tertiary alicyclic amines) is 1. The number of hydroxylamine groups is 1. The molecule has 0 atom stereocenters. The van der Waals surface area contributed by atoms with Crippen LogP contribution in [0.25, 0.3) is 0 Å². The summed E-state index contributed by atoms with van der Waals surface area (Å²) < 4.78 is 27.7. The largest absolute Gasteiger partial charge is 0.299 e. The monoisotopic (exact) mass is 403 g/mol. The highest BCUT2D eigenvalue weighted by Gasteiger charge is 2.22. The average Bonchev–Trinajstić information content (AvgIpc) is 2.73. The van der Waals surface area contributed by atoms with Crippen LogP contribution in [0.1, 0.15) is 28.8 Å². The topological polar surface area (TPSA) is 98.7 Å². The average molecular weight is 404 g/mol. The van der Waals surface area contributed by atoms with Gasteiger partial charge in [-0.25, -0.2) is 18.6 Å². The first-order valence-electron chi connectivity index (χ1n) is 9.28. The molecule has 0 bridgehead atoms. The fourth-order valence-electron chi connectivity index (χ4n) is 3.37. The molecule has 0 aromatic heterocycles. The van der Waals surface area contributed by atoms with Crippen LogP contribution in [0.4, 0.5) is 0 Å².